The summed E-state index contributed by atoms with van der Waals surface area (Å²) in [5.74, 6) is 1.47. The zero-order valence-electron chi connectivity index (χ0n) is 13.8. The standard InChI is InChI=1S/C17H29N3O/c1-5-15-12-20(16(10-19-15)9-13(2)3)11-14-7-6-8-18-17(14)21-4/h6-8,13,15-16,19H,5,9-12H2,1-4H3. The van der Waals surface area contributed by atoms with Crippen LogP contribution in [0.3, 0.4) is 0 Å². The first-order valence-electron chi connectivity index (χ1n) is 8.09. The van der Waals surface area contributed by atoms with Crippen molar-refractivity contribution in [3.63, 3.8) is 0 Å². The molecule has 0 saturated carbocycles. The fourth-order valence-corrected chi connectivity index (χ4v) is 3.12. The quantitative estimate of drug-likeness (QED) is 0.874. The van der Waals surface area contributed by atoms with Crippen LogP contribution >= 0.6 is 0 Å². The number of rotatable bonds is 6. The second-order valence-corrected chi connectivity index (χ2v) is 6.40. The van der Waals surface area contributed by atoms with Crippen LogP contribution in [0.5, 0.6) is 5.88 Å². The molecule has 1 aliphatic heterocycles. The predicted molar refractivity (Wildman–Crippen MR) is 86.5 cm³/mol. The number of methoxy groups -OCH3 is 1. The number of aromatic nitrogens is 1. The van der Waals surface area contributed by atoms with Gasteiger partial charge in [0.2, 0.25) is 5.88 Å². The Labute approximate surface area is 128 Å². The van der Waals surface area contributed by atoms with Crippen molar-refractivity contribution in [3.05, 3.63) is 23.9 Å². The second-order valence-electron chi connectivity index (χ2n) is 6.40. The molecule has 21 heavy (non-hydrogen) atoms. The maximum absolute atomic E-state index is 5.40. The summed E-state index contributed by atoms with van der Waals surface area (Å²) < 4.78 is 5.40. The van der Waals surface area contributed by atoms with Crippen LogP contribution in [0.25, 0.3) is 0 Å². The zero-order chi connectivity index (χ0) is 15.2. The highest BCUT2D eigenvalue weighted by Crippen LogP contribution is 2.22. The molecule has 2 rings (SSSR count). The first kappa shape index (κ1) is 16.2. The molecule has 4 heteroatoms. The highest BCUT2D eigenvalue weighted by atomic mass is 16.5. The molecule has 1 aromatic heterocycles. The van der Waals surface area contributed by atoms with Crippen molar-refractivity contribution >= 4 is 0 Å². The van der Waals surface area contributed by atoms with E-state index < -0.39 is 0 Å². The topological polar surface area (TPSA) is 37.4 Å². The number of pyridine rings is 1. The van der Waals surface area contributed by atoms with Crippen LogP contribution < -0.4 is 10.1 Å². The molecule has 4 nitrogen and oxygen atoms in total. The molecule has 1 saturated heterocycles. The van der Waals surface area contributed by atoms with Crippen molar-refractivity contribution in [3.8, 4) is 5.88 Å². The van der Waals surface area contributed by atoms with E-state index >= 15 is 0 Å². The Kier molecular flexibility index (Phi) is 6.00. The maximum atomic E-state index is 5.40. The molecular formula is C17H29N3O. The Morgan fingerprint density at radius 3 is 2.95 bits per heavy atom. The van der Waals surface area contributed by atoms with Gasteiger partial charge in [-0.05, 0) is 24.8 Å². The van der Waals surface area contributed by atoms with Gasteiger partial charge in [-0.25, -0.2) is 4.98 Å². The summed E-state index contributed by atoms with van der Waals surface area (Å²) in [6.07, 6.45) is 4.20. The van der Waals surface area contributed by atoms with Crippen molar-refractivity contribution in [2.45, 2.75) is 52.2 Å². The van der Waals surface area contributed by atoms with Gasteiger partial charge in [-0.2, -0.15) is 0 Å². The smallest absolute Gasteiger partial charge is 0.217 e. The molecule has 0 aromatic carbocycles. The molecule has 0 spiro atoms. The van der Waals surface area contributed by atoms with E-state index in [1.54, 1.807) is 13.3 Å². The lowest BCUT2D eigenvalue weighted by atomic mass is 9.98. The Morgan fingerprint density at radius 2 is 2.29 bits per heavy atom. The Bertz CT molecular complexity index is 436. The third-order valence-corrected chi connectivity index (χ3v) is 4.27. The van der Waals surface area contributed by atoms with Crippen molar-refractivity contribution in [2.24, 2.45) is 5.92 Å². The molecule has 0 amide bonds. The molecule has 1 aliphatic rings. The van der Waals surface area contributed by atoms with E-state index in [9.17, 15) is 0 Å². The molecule has 1 N–H and O–H groups in total. The summed E-state index contributed by atoms with van der Waals surface area (Å²) in [6, 6.07) is 5.31. The molecular weight excluding hydrogens is 262 g/mol. The second kappa shape index (κ2) is 7.76. The average Bonchev–Trinajstić information content (AvgIpc) is 2.49. The predicted octanol–water partition coefficient (Wildman–Crippen LogP) is 2.69. The minimum atomic E-state index is 0.594. The molecule has 118 valence electrons. The van der Waals surface area contributed by atoms with Crippen LogP contribution in [-0.2, 0) is 6.54 Å². The van der Waals surface area contributed by atoms with E-state index in [2.05, 4.69) is 42.0 Å². The SMILES string of the molecule is CCC1CN(Cc2cccnc2OC)C(CC(C)C)CN1. The molecule has 0 aliphatic carbocycles. The van der Waals surface area contributed by atoms with Gasteiger partial charge in [0.05, 0.1) is 7.11 Å². The zero-order valence-corrected chi connectivity index (χ0v) is 13.8. The third-order valence-electron chi connectivity index (χ3n) is 4.27. The minimum absolute atomic E-state index is 0.594. The Hall–Kier alpha value is -1.13. The maximum Gasteiger partial charge on any atom is 0.217 e. The molecule has 1 aromatic rings. The number of hydrogen-bond acceptors (Lipinski definition) is 4. The molecule has 0 radical (unpaired) electrons. The van der Waals surface area contributed by atoms with E-state index in [-0.39, 0.29) is 0 Å². The van der Waals surface area contributed by atoms with Crippen molar-refractivity contribution < 1.29 is 4.74 Å². The Morgan fingerprint density at radius 1 is 1.48 bits per heavy atom. The number of nitrogens with zero attached hydrogens (tertiary/aromatic N) is 2. The Balaban J connectivity index is 2.11. The summed E-state index contributed by atoms with van der Waals surface area (Å²) >= 11 is 0. The number of nitrogens with one attached hydrogen (secondary N) is 1. The monoisotopic (exact) mass is 291 g/mol. The van der Waals surface area contributed by atoms with Crippen LogP contribution in [0.2, 0.25) is 0 Å². The fourth-order valence-electron chi connectivity index (χ4n) is 3.12. The van der Waals surface area contributed by atoms with E-state index in [0.717, 1.165) is 25.5 Å². The van der Waals surface area contributed by atoms with Gasteiger partial charge in [-0.15, -0.1) is 0 Å². The van der Waals surface area contributed by atoms with Crippen LogP contribution in [0.1, 0.15) is 39.2 Å². The number of ether oxygens (including phenoxy) is 1. The summed E-state index contributed by atoms with van der Waals surface area (Å²) in [6.45, 7) is 9.96. The molecule has 2 atom stereocenters. The molecule has 1 fully saturated rings. The van der Waals surface area contributed by atoms with Crippen LogP contribution in [0, 0.1) is 5.92 Å². The first-order chi connectivity index (χ1) is 10.1. The number of piperazine rings is 1. The van der Waals surface area contributed by atoms with E-state index in [4.69, 9.17) is 4.74 Å². The van der Waals surface area contributed by atoms with Crippen LogP contribution in [0.4, 0.5) is 0 Å². The van der Waals surface area contributed by atoms with Gasteiger partial charge in [0.25, 0.3) is 0 Å². The number of hydrogen-bond donors (Lipinski definition) is 1. The van der Waals surface area contributed by atoms with Crippen molar-refractivity contribution in [1.82, 2.24) is 15.2 Å². The van der Waals surface area contributed by atoms with Gasteiger partial charge >= 0.3 is 0 Å². The normalized spacial score (nSPS) is 23.5. The molecule has 2 heterocycles. The lowest BCUT2D eigenvalue weighted by molar-refractivity contribution is 0.104. The van der Waals surface area contributed by atoms with Gasteiger partial charge in [-0.3, -0.25) is 4.90 Å². The van der Waals surface area contributed by atoms with Gasteiger partial charge in [0.1, 0.15) is 0 Å². The summed E-state index contributed by atoms with van der Waals surface area (Å²) in [4.78, 5) is 6.92. The average molecular weight is 291 g/mol. The van der Waals surface area contributed by atoms with Crippen molar-refractivity contribution in [2.75, 3.05) is 20.2 Å². The lowest BCUT2D eigenvalue weighted by Crippen LogP contribution is -2.56. The highest BCUT2D eigenvalue weighted by Gasteiger charge is 2.28. The fraction of sp³-hybridized carbons (Fsp3) is 0.706. The van der Waals surface area contributed by atoms with Crippen molar-refractivity contribution in [1.29, 1.82) is 0 Å². The van der Waals surface area contributed by atoms with E-state index in [1.807, 2.05) is 6.07 Å². The third kappa shape index (κ3) is 4.42. The van der Waals surface area contributed by atoms with Gasteiger partial charge in [0, 0.05) is 43.5 Å². The molecule has 2 unspecified atom stereocenters. The largest absolute Gasteiger partial charge is 0.481 e. The van der Waals surface area contributed by atoms with Gasteiger partial charge in [-0.1, -0.05) is 26.8 Å². The van der Waals surface area contributed by atoms with Gasteiger partial charge in [0.15, 0.2) is 0 Å². The van der Waals surface area contributed by atoms with Gasteiger partial charge < -0.3 is 10.1 Å². The summed E-state index contributed by atoms with van der Waals surface area (Å²) in [7, 11) is 1.70. The van der Waals surface area contributed by atoms with E-state index in [1.165, 1.54) is 18.4 Å². The van der Waals surface area contributed by atoms with E-state index in [0.29, 0.717) is 18.0 Å². The highest BCUT2D eigenvalue weighted by molar-refractivity contribution is 5.25. The van der Waals surface area contributed by atoms with Crippen LogP contribution in [0.15, 0.2) is 18.3 Å². The molecule has 0 bridgehead atoms. The first-order valence-corrected chi connectivity index (χ1v) is 8.09. The summed E-state index contributed by atoms with van der Waals surface area (Å²) in [5.41, 5.74) is 1.19. The lowest BCUT2D eigenvalue weighted by Gasteiger charge is -2.41. The summed E-state index contributed by atoms with van der Waals surface area (Å²) in [5, 5.41) is 3.68. The van der Waals surface area contributed by atoms with Crippen LogP contribution in [-0.4, -0.2) is 42.2 Å². The minimum Gasteiger partial charge on any atom is -0.481 e.